The third kappa shape index (κ3) is 3.08. The quantitative estimate of drug-likeness (QED) is 0.869. The molecule has 100 valence electrons. The third-order valence-electron chi connectivity index (χ3n) is 3.46. The van der Waals surface area contributed by atoms with E-state index in [4.69, 9.17) is 4.74 Å². The van der Waals surface area contributed by atoms with Gasteiger partial charge < -0.3 is 10.1 Å². The van der Waals surface area contributed by atoms with Gasteiger partial charge in [-0.05, 0) is 55.7 Å². The van der Waals surface area contributed by atoms with Gasteiger partial charge in [-0.15, -0.1) is 0 Å². The van der Waals surface area contributed by atoms with Crippen molar-refractivity contribution >= 4 is 5.69 Å². The number of hydrogen-bond acceptors (Lipinski definition) is 2. The number of methoxy groups -OCH3 is 1. The predicted molar refractivity (Wildman–Crippen MR) is 80.9 cm³/mol. The maximum absolute atomic E-state index is 5.23. The lowest BCUT2D eigenvalue weighted by molar-refractivity contribution is 0.414. The minimum Gasteiger partial charge on any atom is -0.497 e. The highest BCUT2D eigenvalue weighted by Crippen LogP contribution is 2.26. The van der Waals surface area contributed by atoms with Gasteiger partial charge in [-0.2, -0.15) is 0 Å². The number of aryl methyl sites for hydroxylation is 2. The summed E-state index contributed by atoms with van der Waals surface area (Å²) in [5.41, 5.74) is 4.99. The minimum absolute atomic E-state index is 0.285. The normalized spacial score (nSPS) is 12.0. The molecule has 0 heterocycles. The van der Waals surface area contributed by atoms with Crippen molar-refractivity contribution in [2.45, 2.75) is 26.8 Å². The first-order chi connectivity index (χ1) is 9.11. The Hall–Kier alpha value is -1.96. The highest BCUT2D eigenvalue weighted by atomic mass is 16.5. The summed E-state index contributed by atoms with van der Waals surface area (Å²) in [5.74, 6) is 0.895. The molecule has 0 fully saturated rings. The molecule has 2 aromatic rings. The van der Waals surface area contributed by atoms with Crippen LogP contribution in [0.1, 0.15) is 29.7 Å². The van der Waals surface area contributed by atoms with E-state index in [0.29, 0.717) is 0 Å². The van der Waals surface area contributed by atoms with Gasteiger partial charge >= 0.3 is 0 Å². The number of benzene rings is 2. The fourth-order valence-corrected chi connectivity index (χ4v) is 2.31. The lowest BCUT2D eigenvalue weighted by atomic mass is 10.0. The van der Waals surface area contributed by atoms with Gasteiger partial charge in [0.1, 0.15) is 5.75 Å². The molecule has 2 heteroatoms. The fraction of sp³-hybridized carbons (Fsp3) is 0.294. The zero-order chi connectivity index (χ0) is 13.8. The summed E-state index contributed by atoms with van der Waals surface area (Å²) < 4.78 is 5.23. The van der Waals surface area contributed by atoms with E-state index in [-0.39, 0.29) is 6.04 Å². The molecule has 0 saturated carbocycles. The summed E-state index contributed by atoms with van der Waals surface area (Å²) in [6.07, 6.45) is 0. The van der Waals surface area contributed by atoms with Gasteiger partial charge in [-0.3, -0.25) is 0 Å². The predicted octanol–water partition coefficient (Wildman–Crippen LogP) is 4.49. The average Bonchev–Trinajstić information content (AvgIpc) is 2.41. The number of anilines is 1. The maximum atomic E-state index is 5.23. The standard InChI is InChI=1S/C17H21NO/c1-12-7-5-6-8-16(12)14(3)18-17-10-9-15(19-4)11-13(17)2/h5-11,14,18H,1-4H3. The number of hydrogen-bond donors (Lipinski definition) is 1. The van der Waals surface area contributed by atoms with Crippen LogP contribution in [0.25, 0.3) is 0 Å². The molecule has 2 nitrogen and oxygen atoms in total. The van der Waals surface area contributed by atoms with Gasteiger partial charge in [0.25, 0.3) is 0 Å². The molecule has 1 N–H and O–H groups in total. The van der Waals surface area contributed by atoms with E-state index in [1.54, 1.807) is 7.11 Å². The van der Waals surface area contributed by atoms with Crippen molar-refractivity contribution in [3.63, 3.8) is 0 Å². The molecule has 2 aromatic carbocycles. The maximum Gasteiger partial charge on any atom is 0.119 e. The molecule has 0 aliphatic carbocycles. The third-order valence-corrected chi connectivity index (χ3v) is 3.46. The first-order valence-corrected chi connectivity index (χ1v) is 6.58. The van der Waals surface area contributed by atoms with Crippen LogP contribution in [0, 0.1) is 13.8 Å². The van der Waals surface area contributed by atoms with E-state index in [9.17, 15) is 0 Å². The molecular weight excluding hydrogens is 234 g/mol. The van der Waals surface area contributed by atoms with Crippen LogP contribution < -0.4 is 10.1 Å². The molecule has 0 aromatic heterocycles. The smallest absolute Gasteiger partial charge is 0.119 e. The SMILES string of the molecule is COc1ccc(NC(C)c2ccccc2C)c(C)c1. The Morgan fingerprint density at radius 1 is 1.00 bits per heavy atom. The summed E-state index contributed by atoms with van der Waals surface area (Å²) in [5, 5.41) is 3.56. The highest BCUT2D eigenvalue weighted by Gasteiger charge is 2.09. The van der Waals surface area contributed by atoms with Crippen LogP contribution >= 0.6 is 0 Å². The van der Waals surface area contributed by atoms with Gasteiger partial charge in [0.15, 0.2) is 0 Å². The van der Waals surface area contributed by atoms with Crippen molar-refractivity contribution in [2.24, 2.45) is 0 Å². The van der Waals surface area contributed by atoms with Gasteiger partial charge in [0.2, 0.25) is 0 Å². The van der Waals surface area contributed by atoms with Crippen molar-refractivity contribution in [3.05, 3.63) is 59.2 Å². The Kier molecular flexibility index (Phi) is 4.10. The average molecular weight is 255 g/mol. The molecule has 0 spiro atoms. The molecule has 0 saturated heterocycles. The van der Waals surface area contributed by atoms with Crippen LogP contribution in [0.5, 0.6) is 5.75 Å². The van der Waals surface area contributed by atoms with Gasteiger partial charge in [0.05, 0.1) is 7.11 Å². The molecule has 19 heavy (non-hydrogen) atoms. The van der Waals surface area contributed by atoms with Gasteiger partial charge in [-0.25, -0.2) is 0 Å². The molecule has 0 aliphatic heterocycles. The Labute approximate surface area is 115 Å². The monoisotopic (exact) mass is 255 g/mol. The van der Waals surface area contributed by atoms with Crippen molar-refractivity contribution in [3.8, 4) is 5.75 Å². The second-order valence-corrected chi connectivity index (χ2v) is 4.90. The Morgan fingerprint density at radius 2 is 1.74 bits per heavy atom. The van der Waals surface area contributed by atoms with Crippen LogP contribution in [0.4, 0.5) is 5.69 Å². The molecule has 1 unspecified atom stereocenters. The molecule has 2 rings (SSSR count). The zero-order valence-electron chi connectivity index (χ0n) is 12.0. The van der Waals surface area contributed by atoms with Crippen LogP contribution in [-0.2, 0) is 0 Å². The minimum atomic E-state index is 0.285. The molecule has 0 bridgehead atoms. The highest BCUT2D eigenvalue weighted by molar-refractivity contribution is 5.55. The van der Waals surface area contributed by atoms with Crippen LogP contribution in [0.15, 0.2) is 42.5 Å². The summed E-state index contributed by atoms with van der Waals surface area (Å²) in [4.78, 5) is 0. The zero-order valence-corrected chi connectivity index (χ0v) is 12.0. The number of ether oxygens (including phenoxy) is 1. The second kappa shape index (κ2) is 5.79. The van der Waals surface area contributed by atoms with E-state index in [1.165, 1.54) is 16.7 Å². The van der Waals surface area contributed by atoms with E-state index in [1.807, 2.05) is 12.1 Å². The van der Waals surface area contributed by atoms with Crippen molar-refractivity contribution < 1.29 is 4.74 Å². The lowest BCUT2D eigenvalue weighted by Gasteiger charge is -2.19. The van der Waals surface area contributed by atoms with Gasteiger partial charge in [-0.1, -0.05) is 24.3 Å². The molecular formula is C17H21NO. The van der Waals surface area contributed by atoms with Crippen molar-refractivity contribution in [1.29, 1.82) is 0 Å². The molecule has 0 aliphatic rings. The topological polar surface area (TPSA) is 21.3 Å². The summed E-state index contributed by atoms with van der Waals surface area (Å²) >= 11 is 0. The van der Waals surface area contributed by atoms with E-state index in [2.05, 4.69) is 56.4 Å². The summed E-state index contributed by atoms with van der Waals surface area (Å²) in [6, 6.07) is 14.9. The Morgan fingerprint density at radius 3 is 2.37 bits per heavy atom. The molecule has 1 atom stereocenters. The Balaban J connectivity index is 2.19. The van der Waals surface area contributed by atoms with Crippen LogP contribution in [-0.4, -0.2) is 7.11 Å². The molecule has 0 amide bonds. The van der Waals surface area contributed by atoms with E-state index >= 15 is 0 Å². The molecule has 0 radical (unpaired) electrons. The number of rotatable bonds is 4. The first-order valence-electron chi connectivity index (χ1n) is 6.58. The lowest BCUT2D eigenvalue weighted by Crippen LogP contribution is -2.09. The van der Waals surface area contributed by atoms with E-state index < -0.39 is 0 Å². The van der Waals surface area contributed by atoms with Crippen LogP contribution in [0.3, 0.4) is 0 Å². The second-order valence-electron chi connectivity index (χ2n) is 4.90. The van der Waals surface area contributed by atoms with E-state index in [0.717, 1.165) is 11.4 Å². The Bertz CT molecular complexity index is 563. The summed E-state index contributed by atoms with van der Waals surface area (Å²) in [7, 11) is 1.69. The van der Waals surface area contributed by atoms with Gasteiger partial charge in [0, 0.05) is 11.7 Å². The summed E-state index contributed by atoms with van der Waals surface area (Å²) in [6.45, 7) is 6.43. The largest absolute Gasteiger partial charge is 0.497 e. The van der Waals surface area contributed by atoms with Crippen molar-refractivity contribution in [1.82, 2.24) is 0 Å². The van der Waals surface area contributed by atoms with Crippen LogP contribution in [0.2, 0.25) is 0 Å². The van der Waals surface area contributed by atoms with Crippen molar-refractivity contribution in [2.75, 3.05) is 12.4 Å². The number of nitrogens with one attached hydrogen (secondary N) is 1. The first kappa shape index (κ1) is 13.5. The fourth-order valence-electron chi connectivity index (χ4n) is 2.31.